The van der Waals surface area contributed by atoms with Gasteiger partial charge in [0.25, 0.3) is 0 Å². The molecule has 0 fully saturated rings. The van der Waals surface area contributed by atoms with Crippen molar-refractivity contribution in [2.24, 2.45) is 0 Å². The van der Waals surface area contributed by atoms with Gasteiger partial charge in [-0.15, -0.1) is 35.7 Å². The van der Waals surface area contributed by atoms with E-state index in [0.29, 0.717) is 11.5 Å². The van der Waals surface area contributed by atoms with Gasteiger partial charge in [0.15, 0.2) is 0 Å². The molecule has 0 spiro atoms. The molecule has 0 atom stereocenters. The number of aromatic nitrogens is 4. The summed E-state index contributed by atoms with van der Waals surface area (Å²) in [6.07, 6.45) is 1.85. The van der Waals surface area contributed by atoms with Crippen LogP contribution in [0.5, 0.6) is 17.2 Å². The fourth-order valence-electron chi connectivity index (χ4n) is 7.03. The Bertz CT molecular complexity index is 2380. The van der Waals surface area contributed by atoms with Crippen LogP contribution in [-0.4, -0.2) is 26.4 Å². The van der Waals surface area contributed by atoms with Gasteiger partial charge in [-0.2, -0.15) is 17.2 Å². The summed E-state index contributed by atoms with van der Waals surface area (Å²) in [5, 5.41) is 7.60. The first kappa shape index (κ1) is 36.1. The normalized spacial score (nSPS) is 12.0. The maximum absolute atomic E-state index is 6.54. The zero-order valence-electron chi connectivity index (χ0n) is 31.0. The van der Waals surface area contributed by atoms with Gasteiger partial charge >= 0.3 is 20.4 Å². The Morgan fingerprint density at radius 3 is 2.08 bits per heavy atom. The summed E-state index contributed by atoms with van der Waals surface area (Å²) in [4.78, 5) is 4.72. The quantitative estimate of drug-likeness (QED) is 0.125. The molecule has 0 aliphatic rings. The van der Waals surface area contributed by atoms with Crippen LogP contribution in [0.15, 0.2) is 85.1 Å². The predicted molar refractivity (Wildman–Crippen MR) is 203 cm³/mol. The first-order valence-electron chi connectivity index (χ1n) is 17.1. The van der Waals surface area contributed by atoms with Crippen molar-refractivity contribution in [1.82, 2.24) is 19.3 Å². The Labute approximate surface area is 315 Å². The van der Waals surface area contributed by atoms with Crippen molar-refractivity contribution in [3.8, 4) is 39.9 Å². The van der Waals surface area contributed by atoms with E-state index in [1.54, 1.807) is 7.11 Å². The Morgan fingerprint density at radius 1 is 0.706 bits per heavy atom. The number of fused-ring (bicyclic) bond motifs is 3. The van der Waals surface area contributed by atoms with Gasteiger partial charge < -0.3 is 14.0 Å². The van der Waals surface area contributed by atoms with E-state index in [0.717, 1.165) is 67.1 Å². The van der Waals surface area contributed by atoms with Gasteiger partial charge in [-0.3, -0.25) is 4.68 Å². The maximum atomic E-state index is 6.54. The molecule has 6 nitrogen and oxygen atoms in total. The number of aryl methyl sites for hydroxylation is 3. The third-order valence-electron chi connectivity index (χ3n) is 9.19. The zero-order chi connectivity index (χ0) is 35.5. The molecule has 0 bridgehead atoms. The summed E-state index contributed by atoms with van der Waals surface area (Å²) in [5.41, 5.74) is 10.3. The van der Waals surface area contributed by atoms with Crippen LogP contribution in [0.1, 0.15) is 69.6 Å². The second-order valence-electron chi connectivity index (χ2n) is 15.3. The smallest absolute Gasteiger partial charge is 0.509 e. The van der Waals surface area contributed by atoms with Crippen LogP contribution in [0, 0.1) is 32.9 Å². The molecule has 51 heavy (non-hydrogen) atoms. The summed E-state index contributed by atoms with van der Waals surface area (Å²) in [6, 6.07) is 33.9. The number of hydrogen-bond acceptors (Lipinski definition) is 4. The minimum atomic E-state index is -0.245. The van der Waals surface area contributed by atoms with Crippen LogP contribution in [0.2, 0.25) is 0 Å². The Kier molecular flexibility index (Phi) is 9.52. The standard InChI is InChI=1S/C44H44N4O2.Pd/c1-27-20-21-45-38(22-27)47-36-17-12-11-16-34(36)35-19-18-32(26-37(35)47)50-31-15-13-14-30(25-31)48-42(44(7,8)9)40(41(46-48)43(4,5)6)39-28(2)23-33(49-10)24-29(39)3;/h11-24H,1-10H3;/q-2;+2. The zero-order valence-corrected chi connectivity index (χ0v) is 32.6. The van der Waals surface area contributed by atoms with E-state index >= 15 is 0 Å². The van der Waals surface area contributed by atoms with Crippen LogP contribution >= 0.6 is 0 Å². The van der Waals surface area contributed by atoms with E-state index in [9.17, 15) is 0 Å². The first-order chi connectivity index (χ1) is 23.7. The second-order valence-corrected chi connectivity index (χ2v) is 15.3. The number of methoxy groups -OCH3 is 1. The van der Waals surface area contributed by atoms with Gasteiger partial charge in [-0.25, -0.2) is 4.98 Å². The van der Waals surface area contributed by atoms with E-state index in [1.807, 2.05) is 36.5 Å². The van der Waals surface area contributed by atoms with Crippen LogP contribution < -0.4 is 9.47 Å². The molecular formula is C44H44N4O2Pd. The summed E-state index contributed by atoms with van der Waals surface area (Å²) >= 11 is 0. The van der Waals surface area contributed by atoms with Crippen LogP contribution in [0.25, 0.3) is 44.4 Å². The number of nitrogens with zero attached hydrogens (tertiary/aromatic N) is 4. The number of hydrogen-bond donors (Lipinski definition) is 0. The van der Waals surface area contributed by atoms with Crippen molar-refractivity contribution < 1.29 is 29.9 Å². The monoisotopic (exact) mass is 766 g/mol. The average Bonchev–Trinajstić information content (AvgIpc) is 3.62. The van der Waals surface area contributed by atoms with Crippen LogP contribution in [-0.2, 0) is 31.3 Å². The van der Waals surface area contributed by atoms with Crippen LogP contribution in [0.3, 0.4) is 0 Å². The fraction of sp³-hybridized carbons (Fsp3) is 0.273. The molecule has 0 saturated heterocycles. The fourth-order valence-corrected chi connectivity index (χ4v) is 7.03. The molecule has 0 radical (unpaired) electrons. The number of pyridine rings is 1. The van der Waals surface area contributed by atoms with Crippen molar-refractivity contribution >= 4 is 21.8 Å². The Morgan fingerprint density at radius 2 is 1.41 bits per heavy atom. The van der Waals surface area contributed by atoms with Gasteiger partial charge in [-0.1, -0.05) is 65.3 Å². The van der Waals surface area contributed by atoms with E-state index in [4.69, 9.17) is 19.6 Å². The van der Waals surface area contributed by atoms with Crippen molar-refractivity contribution in [1.29, 1.82) is 0 Å². The molecule has 3 aromatic heterocycles. The van der Waals surface area contributed by atoms with E-state index in [1.165, 1.54) is 11.1 Å². The van der Waals surface area contributed by atoms with E-state index in [2.05, 4.69) is 132 Å². The summed E-state index contributed by atoms with van der Waals surface area (Å²) in [6.45, 7) is 19.8. The third kappa shape index (κ3) is 6.62. The first-order valence-corrected chi connectivity index (χ1v) is 17.1. The molecule has 7 aromatic rings. The molecule has 0 aliphatic heterocycles. The van der Waals surface area contributed by atoms with E-state index in [-0.39, 0.29) is 31.3 Å². The summed E-state index contributed by atoms with van der Waals surface area (Å²) in [7, 11) is 1.72. The molecule has 0 aliphatic carbocycles. The number of ether oxygens (including phenoxy) is 2. The van der Waals surface area contributed by atoms with Gasteiger partial charge in [-0.05, 0) is 84.4 Å². The van der Waals surface area contributed by atoms with Gasteiger partial charge in [0.1, 0.15) is 11.6 Å². The van der Waals surface area contributed by atoms with Crippen molar-refractivity contribution in [3.63, 3.8) is 0 Å². The molecular weight excluding hydrogens is 723 g/mol. The van der Waals surface area contributed by atoms with Gasteiger partial charge in [0.2, 0.25) is 0 Å². The average molecular weight is 767 g/mol. The molecule has 7 heteroatoms. The molecule has 3 heterocycles. The molecule has 0 unspecified atom stereocenters. The number of rotatable bonds is 6. The topological polar surface area (TPSA) is 54.1 Å². The molecule has 0 saturated carbocycles. The van der Waals surface area contributed by atoms with Crippen LogP contribution in [0.4, 0.5) is 0 Å². The van der Waals surface area contributed by atoms with Crippen molar-refractivity contribution in [2.45, 2.75) is 73.1 Å². The predicted octanol–water partition coefficient (Wildman–Crippen LogP) is 11.0. The third-order valence-corrected chi connectivity index (χ3v) is 9.19. The Hall–Kier alpha value is -4.70. The maximum Gasteiger partial charge on any atom is 2.00 e. The Balaban J connectivity index is 0.00000448. The molecule has 4 aromatic carbocycles. The molecule has 0 N–H and O–H groups in total. The minimum Gasteiger partial charge on any atom is -0.509 e. The largest absolute Gasteiger partial charge is 2.00 e. The number of benzene rings is 4. The van der Waals surface area contributed by atoms with Gasteiger partial charge in [0.05, 0.1) is 18.5 Å². The minimum absolute atomic E-state index is 0. The van der Waals surface area contributed by atoms with Gasteiger partial charge in [0, 0.05) is 39.6 Å². The molecule has 7 rings (SSSR count). The van der Waals surface area contributed by atoms with E-state index < -0.39 is 0 Å². The SMILES string of the molecule is COc1cc(C)c(-c2c(C(C)(C)C)nn(-c3[c-]c(Oc4[c-]c5c(cc4)c4ccccc4n5-c4cc(C)ccn4)ccc3)c2C(C)(C)C)c(C)c1.[Pd+2]. The summed E-state index contributed by atoms with van der Waals surface area (Å²) in [5.74, 6) is 2.88. The van der Waals surface area contributed by atoms with Crippen molar-refractivity contribution in [3.05, 3.63) is 125 Å². The molecule has 0 amide bonds. The number of para-hydroxylation sites is 1. The molecule has 262 valence electrons. The summed E-state index contributed by atoms with van der Waals surface area (Å²) < 4.78 is 16.4. The van der Waals surface area contributed by atoms with Crippen molar-refractivity contribution in [2.75, 3.05) is 7.11 Å². The second kappa shape index (κ2) is 13.5.